The molecule has 0 bridgehead atoms. The summed E-state index contributed by atoms with van der Waals surface area (Å²) in [5, 5.41) is 36.4. The van der Waals surface area contributed by atoms with Gasteiger partial charge >= 0.3 is 35.5 Å². The molecule has 0 aliphatic heterocycles. The monoisotopic (exact) mass is 534 g/mol. The molecule has 1 amide bonds. The molecule has 3 aromatic rings. The number of hydrogen-bond acceptors (Lipinski definition) is 6. The first-order valence-electron chi connectivity index (χ1n) is 11.9. The molecule has 1 aromatic carbocycles. The molecule has 9 nitrogen and oxygen atoms in total. The third kappa shape index (κ3) is 8.57. The van der Waals surface area contributed by atoms with Crippen LogP contribution in [0.1, 0.15) is 67.0 Å². The SMILES string of the molecule is Cc1ccc(CNC(=O)c2nn(-c3ccc(F)cc3)c(/C=C/[C@H](O)C[C@@H](O)CC(=O)O)c2C(C)C)cn1.[H-].[Na+]. The second-order valence-electron chi connectivity index (χ2n) is 9.09. The minimum Gasteiger partial charge on any atom is -1.00 e. The fraction of sp³-hybridized carbons (Fsp3) is 0.333. The Labute approximate surface area is 244 Å². The number of amides is 1. The minimum absolute atomic E-state index is 0. The van der Waals surface area contributed by atoms with E-state index in [1.807, 2.05) is 32.9 Å². The number of benzene rings is 1. The van der Waals surface area contributed by atoms with Crippen LogP contribution in [0.15, 0.2) is 48.7 Å². The Morgan fingerprint density at radius 1 is 1.16 bits per heavy atom. The van der Waals surface area contributed by atoms with E-state index in [9.17, 15) is 24.2 Å². The molecule has 2 heterocycles. The maximum Gasteiger partial charge on any atom is 1.00 e. The van der Waals surface area contributed by atoms with Crippen LogP contribution in [0.4, 0.5) is 4.39 Å². The summed E-state index contributed by atoms with van der Waals surface area (Å²) in [6.45, 7) is 5.92. The molecule has 0 saturated carbocycles. The van der Waals surface area contributed by atoms with Gasteiger partial charge in [0.25, 0.3) is 5.91 Å². The molecule has 0 spiro atoms. The zero-order chi connectivity index (χ0) is 27.1. The summed E-state index contributed by atoms with van der Waals surface area (Å²) >= 11 is 0. The fourth-order valence-electron chi connectivity index (χ4n) is 3.83. The molecule has 198 valence electrons. The largest absolute Gasteiger partial charge is 1.00 e. The summed E-state index contributed by atoms with van der Waals surface area (Å²) in [5.41, 5.74) is 3.48. The first kappa shape index (κ1) is 31.3. The average molecular weight is 535 g/mol. The van der Waals surface area contributed by atoms with Gasteiger partial charge in [-0.15, -0.1) is 0 Å². The van der Waals surface area contributed by atoms with Crippen molar-refractivity contribution in [3.05, 3.63) is 82.7 Å². The number of aromatic nitrogens is 3. The Bertz CT molecular complexity index is 1270. The molecule has 0 unspecified atom stereocenters. The molecule has 0 radical (unpaired) electrons. The van der Waals surface area contributed by atoms with Crippen molar-refractivity contribution in [1.82, 2.24) is 20.1 Å². The number of aliphatic hydroxyl groups is 2. The van der Waals surface area contributed by atoms with Crippen molar-refractivity contribution in [2.24, 2.45) is 0 Å². The molecular weight excluding hydrogens is 502 g/mol. The molecule has 4 N–H and O–H groups in total. The van der Waals surface area contributed by atoms with Gasteiger partial charge in [0.2, 0.25) is 0 Å². The third-order valence-electron chi connectivity index (χ3n) is 5.65. The van der Waals surface area contributed by atoms with Crippen LogP contribution in [0, 0.1) is 12.7 Å². The van der Waals surface area contributed by atoms with Crippen LogP contribution in [0.3, 0.4) is 0 Å². The third-order valence-corrected chi connectivity index (χ3v) is 5.65. The maximum atomic E-state index is 13.6. The van der Waals surface area contributed by atoms with Crippen molar-refractivity contribution >= 4 is 18.0 Å². The molecule has 2 atom stereocenters. The van der Waals surface area contributed by atoms with E-state index in [1.165, 1.54) is 35.0 Å². The number of rotatable bonds is 11. The first-order valence-corrected chi connectivity index (χ1v) is 11.9. The van der Waals surface area contributed by atoms with Crippen LogP contribution >= 0.6 is 0 Å². The number of halogens is 1. The second kappa shape index (κ2) is 14.3. The van der Waals surface area contributed by atoms with E-state index >= 15 is 0 Å². The Balaban J connectivity index is 0.00000380. The topological polar surface area (TPSA) is 138 Å². The van der Waals surface area contributed by atoms with Gasteiger partial charge in [0.15, 0.2) is 5.69 Å². The summed E-state index contributed by atoms with van der Waals surface area (Å²) in [5.74, 6) is -2.15. The number of nitrogens with one attached hydrogen (secondary N) is 1. The van der Waals surface area contributed by atoms with Crippen molar-refractivity contribution in [2.45, 2.75) is 58.3 Å². The van der Waals surface area contributed by atoms with Crippen LogP contribution < -0.4 is 34.9 Å². The smallest absolute Gasteiger partial charge is 1.00 e. The normalized spacial score (nSPS) is 12.8. The molecule has 38 heavy (non-hydrogen) atoms. The van der Waals surface area contributed by atoms with E-state index in [-0.39, 0.29) is 55.6 Å². The summed E-state index contributed by atoms with van der Waals surface area (Å²) in [6.07, 6.45) is 1.64. The van der Waals surface area contributed by atoms with E-state index in [2.05, 4.69) is 15.4 Å². The Kier molecular flexibility index (Phi) is 11.8. The summed E-state index contributed by atoms with van der Waals surface area (Å²) in [7, 11) is 0. The van der Waals surface area contributed by atoms with Gasteiger partial charge < -0.3 is 22.1 Å². The van der Waals surface area contributed by atoms with Crippen LogP contribution in [0.2, 0.25) is 0 Å². The van der Waals surface area contributed by atoms with Crippen LogP contribution in [-0.2, 0) is 11.3 Å². The Hall–Kier alpha value is -2.89. The molecule has 0 saturated heterocycles. The summed E-state index contributed by atoms with van der Waals surface area (Å²) in [6, 6.07) is 9.33. The van der Waals surface area contributed by atoms with Crippen molar-refractivity contribution < 1.29 is 60.3 Å². The number of aryl methyl sites for hydroxylation is 1. The van der Waals surface area contributed by atoms with Crippen LogP contribution in [0.25, 0.3) is 11.8 Å². The van der Waals surface area contributed by atoms with Gasteiger partial charge in [0.1, 0.15) is 5.82 Å². The number of nitrogens with zero attached hydrogens (tertiary/aromatic N) is 3. The average Bonchev–Trinajstić information content (AvgIpc) is 3.22. The predicted octanol–water partition coefficient (Wildman–Crippen LogP) is 0.485. The number of carboxylic acid groups (broad SMARTS) is 1. The van der Waals surface area contributed by atoms with Gasteiger partial charge in [-0.1, -0.05) is 26.0 Å². The molecular formula is C27H32FN4NaO5. The Morgan fingerprint density at radius 3 is 2.42 bits per heavy atom. The minimum atomic E-state index is -1.22. The first-order chi connectivity index (χ1) is 17.5. The number of aliphatic hydroxyl groups excluding tert-OH is 2. The van der Waals surface area contributed by atoms with E-state index in [4.69, 9.17) is 5.11 Å². The standard InChI is InChI=1S/C27H31FN4O5.Na.H/c1-16(2)25-23(11-10-21(33)12-22(34)13-24(35)36)32(20-8-6-19(28)7-9-20)31-26(25)27(37)30-15-18-5-4-17(3)29-14-18;;/h4-11,14,16,21-22,33-34H,12-13,15H2,1-3H3,(H,30,37)(H,35,36);;/q;+1;-1/b11-10+;;/t21-,22+;;/m0../s1. The number of hydrogen-bond donors (Lipinski definition) is 4. The van der Waals surface area contributed by atoms with Gasteiger partial charge in [-0.05, 0) is 54.8 Å². The molecule has 11 heteroatoms. The number of aliphatic carboxylic acids is 1. The van der Waals surface area contributed by atoms with E-state index < -0.39 is 36.3 Å². The number of carbonyl (C=O) groups excluding carboxylic acids is 1. The molecule has 3 rings (SSSR count). The number of carbonyl (C=O) groups is 2. The van der Waals surface area contributed by atoms with Gasteiger partial charge in [-0.2, -0.15) is 5.10 Å². The van der Waals surface area contributed by atoms with Crippen LogP contribution in [-0.4, -0.2) is 54.2 Å². The van der Waals surface area contributed by atoms with Crippen molar-refractivity contribution in [3.8, 4) is 5.69 Å². The summed E-state index contributed by atoms with van der Waals surface area (Å²) < 4.78 is 15.1. The van der Waals surface area contributed by atoms with Gasteiger partial charge in [-0.3, -0.25) is 14.6 Å². The van der Waals surface area contributed by atoms with Gasteiger partial charge in [-0.25, -0.2) is 9.07 Å². The van der Waals surface area contributed by atoms with Crippen molar-refractivity contribution in [2.75, 3.05) is 0 Å². The molecule has 0 aliphatic carbocycles. The number of pyridine rings is 1. The number of carboxylic acids is 1. The van der Waals surface area contributed by atoms with Gasteiger partial charge in [0.05, 0.1) is 30.0 Å². The van der Waals surface area contributed by atoms with E-state index in [0.29, 0.717) is 16.9 Å². The zero-order valence-electron chi connectivity index (χ0n) is 22.9. The van der Waals surface area contributed by atoms with Crippen molar-refractivity contribution in [3.63, 3.8) is 0 Å². The quantitative estimate of drug-likeness (QED) is 0.263. The molecule has 2 aromatic heterocycles. The maximum absolute atomic E-state index is 13.6. The van der Waals surface area contributed by atoms with Crippen LogP contribution in [0.5, 0.6) is 0 Å². The summed E-state index contributed by atoms with van der Waals surface area (Å²) in [4.78, 5) is 28.3. The predicted molar refractivity (Wildman–Crippen MR) is 137 cm³/mol. The Morgan fingerprint density at radius 2 is 1.84 bits per heavy atom. The zero-order valence-corrected chi connectivity index (χ0v) is 23.9. The van der Waals surface area contributed by atoms with E-state index in [1.54, 1.807) is 12.3 Å². The fourth-order valence-corrected chi connectivity index (χ4v) is 3.83. The van der Waals surface area contributed by atoms with Crippen molar-refractivity contribution in [1.29, 1.82) is 0 Å². The molecule has 0 aliphatic rings. The van der Waals surface area contributed by atoms with E-state index in [0.717, 1.165) is 11.3 Å². The second-order valence-corrected chi connectivity index (χ2v) is 9.09. The van der Waals surface area contributed by atoms with Gasteiger partial charge in [0, 0.05) is 30.4 Å². The molecule has 0 fully saturated rings.